The normalized spacial score (nSPS) is 9.84. The van der Waals surface area contributed by atoms with E-state index in [-0.39, 0.29) is 0 Å². The molecule has 0 spiro atoms. The lowest BCUT2D eigenvalue weighted by Gasteiger charge is -2.31. The summed E-state index contributed by atoms with van der Waals surface area (Å²) in [5.74, 6) is 1.15. The molecular weight excluding hydrogens is 232 g/mol. The number of para-hydroxylation sites is 2. The van der Waals surface area contributed by atoms with E-state index in [0.29, 0.717) is 0 Å². The zero-order valence-electron chi connectivity index (χ0n) is 11.7. The molecule has 2 aromatic carbocycles. The van der Waals surface area contributed by atoms with E-state index in [2.05, 4.69) is 85.4 Å². The van der Waals surface area contributed by atoms with E-state index in [0.717, 1.165) is 5.82 Å². The lowest BCUT2D eigenvalue weighted by molar-refractivity contribution is 0.971. The minimum absolute atomic E-state index is 1.15. The molecule has 0 aliphatic rings. The van der Waals surface area contributed by atoms with Crippen LogP contribution in [-0.2, 0) is 0 Å². The third-order valence-electron chi connectivity index (χ3n) is 3.23. The average Bonchev–Trinajstić information content (AvgIpc) is 2.49. The fourth-order valence-electron chi connectivity index (χ4n) is 2.18. The Balaban J connectivity index is 2.26. The van der Waals surface area contributed by atoms with Gasteiger partial charge < -0.3 is 9.80 Å². The van der Waals surface area contributed by atoms with E-state index in [1.165, 1.54) is 11.4 Å². The van der Waals surface area contributed by atoms with Gasteiger partial charge in [0.05, 0.1) is 0 Å². The third kappa shape index (κ3) is 2.97. The van der Waals surface area contributed by atoms with Crippen LogP contribution in [0.5, 0.6) is 0 Å². The molecule has 0 fully saturated rings. The van der Waals surface area contributed by atoms with Crippen LogP contribution in [0, 0.1) is 0 Å². The highest BCUT2D eigenvalue weighted by Gasteiger charge is 2.11. The van der Waals surface area contributed by atoms with Crippen LogP contribution >= 0.6 is 0 Å². The summed E-state index contributed by atoms with van der Waals surface area (Å²) in [5, 5.41) is 0. The van der Waals surface area contributed by atoms with Crippen molar-refractivity contribution in [3.05, 3.63) is 72.6 Å². The minimum atomic E-state index is 1.15. The largest absolute Gasteiger partial charge is 0.331 e. The molecule has 0 saturated carbocycles. The molecule has 0 atom stereocenters. The second kappa shape index (κ2) is 6.10. The van der Waals surface area contributed by atoms with Crippen LogP contribution < -0.4 is 9.80 Å². The van der Waals surface area contributed by atoms with Crippen LogP contribution in [0.25, 0.3) is 0 Å². The van der Waals surface area contributed by atoms with Crippen molar-refractivity contribution in [1.29, 1.82) is 0 Å². The monoisotopic (exact) mass is 252 g/mol. The lowest BCUT2D eigenvalue weighted by atomic mass is 10.2. The van der Waals surface area contributed by atoms with Crippen molar-refractivity contribution >= 4 is 11.4 Å². The topological polar surface area (TPSA) is 6.48 Å². The molecule has 0 aliphatic heterocycles. The van der Waals surface area contributed by atoms with Gasteiger partial charge in [0, 0.05) is 25.5 Å². The van der Waals surface area contributed by atoms with Crippen LogP contribution in [-0.4, -0.2) is 14.1 Å². The Morgan fingerprint density at radius 3 is 1.42 bits per heavy atom. The Labute approximate surface area is 115 Å². The summed E-state index contributed by atoms with van der Waals surface area (Å²) in [7, 11) is 4.17. The van der Waals surface area contributed by atoms with Gasteiger partial charge in [-0.2, -0.15) is 0 Å². The first-order valence-corrected chi connectivity index (χ1v) is 6.48. The van der Waals surface area contributed by atoms with Gasteiger partial charge in [-0.05, 0) is 37.3 Å². The van der Waals surface area contributed by atoms with Crippen LogP contribution in [0.3, 0.4) is 0 Å². The number of rotatable bonds is 4. The van der Waals surface area contributed by atoms with Gasteiger partial charge in [0.15, 0.2) is 0 Å². The number of hydrogen-bond donors (Lipinski definition) is 0. The molecule has 0 aromatic heterocycles. The molecule has 98 valence electrons. The fraction of sp³-hybridized carbons (Fsp3) is 0.176. The summed E-state index contributed by atoms with van der Waals surface area (Å²) in [6.07, 6.45) is 2.12. The van der Waals surface area contributed by atoms with Crippen molar-refractivity contribution in [3.63, 3.8) is 0 Å². The van der Waals surface area contributed by atoms with Crippen molar-refractivity contribution in [3.8, 4) is 0 Å². The smallest absolute Gasteiger partial charge is 0.108 e. The first-order chi connectivity index (χ1) is 9.24. The molecule has 0 heterocycles. The van der Waals surface area contributed by atoms with Gasteiger partial charge in [0.25, 0.3) is 0 Å². The molecule has 2 heteroatoms. The number of allylic oxidation sites excluding steroid dienone is 1. The van der Waals surface area contributed by atoms with Gasteiger partial charge >= 0.3 is 0 Å². The van der Waals surface area contributed by atoms with Crippen molar-refractivity contribution in [2.45, 2.75) is 6.92 Å². The second-order valence-corrected chi connectivity index (χ2v) is 4.44. The standard InChI is InChI=1S/C17H20N2/c1-4-17(18(2)15-11-7-5-8-12-15)19(3)16-13-9-6-10-14-16/h4-14H,1-3H3. The predicted molar refractivity (Wildman–Crippen MR) is 83.4 cm³/mol. The summed E-state index contributed by atoms with van der Waals surface area (Å²) in [4.78, 5) is 4.38. The SMILES string of the molecule is CC=C(N(C)c1ccccc1)N(C)c1ccccc1. The van der Waals surface area contributed by atoms with E-state index >= 15 is 0 Å². The minimum Gasteiger partial charge on any atom is -0.331 e. The summed E-state index contributed by atoms with van der Waals surface area (Å²) in [6, 6.07) is 20.8. The molecule has 0 bridgehead atoms. The van der Waals surface area contributed by atoms with E-state index in [4.69, 9.17) is 0 Å². The highest BCUT2D eigenvalue weighted by Crippen LogP contribution is 2.23. The Bertz CT molecular complexity index is 484. The van der Waals surface area contributed by atoms with E-state index in [1.807, 2.05) is 12.1 Å². The van der Waals surface area contributed by atoms with Gasteiger partial charge in [-0.25, -0.2) is 0 Å². The van der Waals surface area contributed by atoms with Crippen LogP contribution in [0.4, 0.5) is 11.4 Å². The molecule has 0 N–H and O–H groups in total. The van der Waals surface area contributed by atoms with E-state index < -0.39 is 0 Å². The number of benzene rings is 2. The maximum Gasteiger partial charge on any atom is 0.108 e. The van der Waals surface area contributed by atoms with Gasteiger partial charge in [-0.15, -0.1) is 0 Å². The van der Waals surface area contributed by atoms with Gasteiger partial charge in [0.2, 0.25) is 0 Å². The third-order valence-corrected chi connectivity index (χ3v) is 3.23. The first kappa shape index (κ1) is 13.2. The lowest BCUT2D eigenvalue weighted by Crippen LogP contribution is -2.30. The van der Waals surface area contributed by atoms with Crippen molar-refractivity contribution < 1.29 is 0 Å². The van der Waals surface area contributed by atoms with E-state index in [1.54, 1.807) is 0 Å². The van der Waals surface area contributed by atoms with Crippen LogP contribution in [0.15, 0.2) is 72.6 Å². The van der Waals surface area contributed by atoms with Crippen molar-refractivity contribution in [1.82, 2.24) is 0 Å². The Kier molecular flexibility index (Phi) is 4.24. The Morgan fingerprint density at radius 2 is 1.11 bits per heavy atom. The molecule has 2 aromatic rings. The Hall–Kier alpha value is -2.22. The fourth-order valence-corrected chi connectivity index (χ4v) is 2.18. The Morgan fingerprint density at radius 1 is 0.737 bits per heavy atom. The van der Waals surface area contributed by atoms with Crippen LogP contribution in [0.1, 0.15) is 6.92 Å². The molecule has 2 rings (SSSR count). The summed E-state index contributed by atoms with van der Waals surface area (Å²) >= 11 is 0. The molecule has 0 unspecified atom stereocenters. The average molecular weight is 252 g/mol. The highest BCUT2D eigenvalue weighted by atomic mass is 15.3. The first-order valence-electron chi connectivity index (χ1n) is 6.48. The summed E-state index contributed by atoms with van der Waals surface area (Å²) in [6.45, 7) is 2.06. The van der Waals surface area contributed by atoms with E-state index in [9.17, 15) is 0 Å². The zero-order chi connectivity index (χ0) is 13.7. The number of anilines is 2. The molecule has 2 nitrogen and oxygen atoms in total. The van der Waals surface area contributed by atoms with Crippen molar-refractivity contribution in [2.24, 2.45) is 0 Å². The molecule has 0 radical (unpaired) electrons. The maximum atomic E-state index is 2.19. The molecule has 19 heavy (non-hydrogen) atoms. The molecule has 0 saturated heterocycles. The van der Waals surface area contributed by atoms with Gasteiger partial charge in [0.1, 0.15) is 5.82 Å². The maximum absolute atomic E-state index is 2.19. The highest BCUT2D eigenvalue weighted by molar-refractivity contribution is 5.59. The van der Waals surface area contributed by atoms with Crippen LogP contribution in [0.2, 0.25) is 0 Å². The molecule has 0 aliphatic carbocycles. The summed E-state index contributed by atoms with van der Waals surface area (Å²) < 4.78 is 0. The molecular formula is C17H20N2. The van der Waals surface area contributed by atoms with Gasteiger partial charge in [-0.3, -0.25) is 0 Å². The number of hydrogen-bond acceptors (Lipinski definition) is 2. The van der Waals surface area contributed by atoms with Crippen molar-refractivity contribution in [2.75, 3.05) is 23.9 Å². The quantitative estimate of drug-likeness (QED) is 0.807. The predicted octanol–water partition coefficient (Wildman–Crippen LogP) is 4.12. The summed E-state index contributed by atoms with van der Waals surface area (Å²) in [5.41, 5.74) is 2.36. The van der Waals surface area contributed by atoms with Gasteiger partial charge in [-0.1, -0.05) is 36.4 Å². The zero-order valence-corrected chi connectivity index (χ0v) is 11.7. The second-order valence-electron chi connectivity index (χ2n) is 4.44. The molecule has 0 amide bonds. The number of nitrogens with zero attached hydrogens (tertiary/aromatic N) is 2.